The number of anilines is 1. The third-order valence-electron chi connectivity index (χ3n) is 5.18. The van der Waals surface area contributed by atoms with Gasteiger partial charge in [-0.15, -0.1) is 0 Å². The van der Waals surface area contributed by atoms with Crippen LogP contribution in [0.2, 0.25) is 5.02 Å². The zero-order valence-electron chi connectivity index (χ0n) is 14.9. The van der Waals surface area contributed by atoms with Gasteiger partial charge in [-0.3, -0.25) is 0 Å². The fourth-order valence-corrected chi connectivity index (χ4v) is 3.99. The number of nitrogen functional groups attached to an aromatic ring is 1. The Labute approximate surface area is 166 Å². The second-order valence-electron chi connectivity index (χ2n) is 6.88. The number of halogens is 1. The molecule has 0 unspecified atom stereocenters. The first-order valence-electron chi connectivity index (χ1n) is 8.88. The zero-order valence-corrected chi connectivity index (χ0v) is 15.7. The van der Waals surface area contributed by atoms with Gasteiger partial charge in [0.1, 0.15) is 36.6 Å². The van der Waals surface area contributed by atoms with Gasteiger partial charge in [-0.05, 0) is 35.5 Å². The van der Waals surface area contributed by atoms with E-state index >= 15 is 0 Å². The SMILES string of the molecule is N/C=C\c1c(N)ncnc1C[C@@H]1O[C@H]([C@H]2OCc3cc(Cl)ccc32)[C@@H](O)[C@H]1O. The number of ether oxygens (including phenoxy) is 2. The zero-order chi connectivity index (χ0) is 19.8. The molecule has 0 amide bonds. The molecule has 1 aromatic heterocycles. The Kier molecular flexibility index (Phi) is 5.22. The normalized spacial score (nSPS) is 29.5. The Balaban J connectivity index is 1.56. The largest absolute Gasteiger partial charge is 0.405 e. The van der Waals surface area contributed by atoms with Crippen molar-refractivity contribution in [1.82, 2.24) is 9.97 Å². The van der Waals surface area contributed by atoms with Crippen LogP contribution in [0.4, 0.5) is 5.82 Å². The van der Waals surface area contributed by atoms with Crippen molar-refractivity contribution >= 4 is 23.5 Å². The van der Waals surface area contributed by atoms with E-state index in [0.29, 0.717) is 22.9 Å². The second-order valence-corrected chi connectivity index (χ2v) is 7.31. The molecule has 6 N–H and O–H groups in total. The fraction of sp³-hybridized carbons (Fsp3) is 0.368. The number of nitrogens with zero attached hydrogens (tertiary/aromatic N) is 2. The standard InChI is InChI=1S/C19H21ClN4O4/c20-10-1-2-11-9(5-10)7-27-17(11)18-16(26)15(25)14(28-18)6-13-12(3-4-21)19(22)24-8-23-13/h1-5,8,14-18,25-26H,6-7,21H2,(H2,22,23,24)/b4-3-/t14-,15-,16-,17-,18-/m0/s1. The van der Waals surface area contributed by atoms with E-state index in [4.69, 9.17) is 32.5 Å². The molecule has 1 aromatic carbocycles. The Morgan fingerprint density at radius 1 is 1.25 bits per heavy atom. The fourth-order valence-electron chi connectivity index (χ4n) is 3.79. The maximum atomic E-state index is 10.6. The molecule has 0 bridgehead atoms. The van der Waals surface area contributed by atoms with Gasteiger partial charge in [0, 0.05) is 17.0 Å². The van der Waals surface area contributed by atoms with Crippen LogP contribution < -0.4 is 11.5 Å². The van der Waals surface area contributed by atoms with E-state index in [1.54, 1.807) is 12.1 Å². The van der Waals surface area contributed by atoms with Gasteiger partial charge in [0.05, 0.1) is 18.4 Å². The van der Waals surface area contributed by atoms with Crippen molar-refractivity contribution in [3.05, 3.63) is 58.1 Å². The molecule has 0 spiro atoms. The Morgan fingerprint density at radius 2 is 2.07 bits per heavy atom. The number of rotatable bonds is 4. The van der Waals surface area contributed by atoms with Crippen LogP contribution in [-0.2, 0) is 22.5 Å². The van der Waals surface area contributed by atoms with Crippen LogP contribution in [-0.4, -0.2) is 44.6 Å². The van der Waals surface area contributed by atoms with Crippen LogP contribution in [0, 0.1) is 0 Å². The molecule has 3 heterocycles. The van der Waals surface area contributed by atoms with E-state index < -0.39 is 30.5 Å². The van der Waals surface area contributed by atoms with Crippen molar-refractivity contribution in [2.75, 3.05) is 5.73 Å². The Bertz CT molecular complexity index is 909. The highest BCUT2D eigenvalue weighted by molar-refractivity contribution is 6.30. The summed E-state index contributed by atoms with van der Waals surface area (Å²) in [5, 5.41) is 21.8. The highest BCUT2D eigenvalue weighted by Gasteiger charge is 2.48. The number of hydrogen-bond acceptors (Lipinski definition) is 8. The van der Waals surface area contributed by atoms with E-state index in [9.17, 15) is 10.2 Å². The summed E-state index contributed by atoms with van der Waals surface area (Å²) in [6.45, 7) is 0.377. The lowest BCUT2D eigenvalue weighted by atomic mass is 9.96. The molecule has 2 aromatic rings. The number of nitrogens with two attached hydrogens (primary N) is 2. The molecule has 9 heteroatoms. The molecule has 1 fully saturated rings. The smallest absolute Gasteiger partial charge is 0.134 e. The predicted molar refractivity (Wildman–Crippen MR) is 103 cm³/mol. The number of aliphatic hydroxyl groups excluding tert-OH is 2. The monoisotopic (exact) mass is 404 g/mol. The molecule has 4 rings (SSSR count). The summed E-state index contributed by atoms with van der Waals surface area (Å²) >= 11 is 6.04. The van der Waals surface area contributed by atoms with Crippen LogP contribution in [0.25, 0.3) is 6.08 Å². The molecule has 0 saturated carbocycles. The average molecular weight is 405 g/mol. The lowest BCUT2D eigenvalue weighted by molar-refractivity contribution is -0.0904. The van der Waals surface area contributed by atoms with E-state index in [1.165, 1.54) is 12.5 Å². The molecule has 148 valence electrons. The first-order chi connectivity index (χ1) is 13.5. The van der Waals surface area contributed by atoms with Crippen LogP contribution in [0.5, 0.6) is 0 Å². The van der Waals surface area contributed by atoms with E-state index in [-0.39, 0.29) is 12.2 Å². The third kappa shape index (κ3) is 3.34. The third-order valence-corrected chi connectivity index (χ3v) is 5.42. The van der Waals surface area contributed by atoms with Crippen molar-refractivity contribution in [3.63, 3.8) is 0 Å². The number of fused-ring (bicyclic) bond motifs is 1. The molecule has 2 aliphatic rings. The molecular formula is C19H21ClN4O4. The van der Waals surface area contributed by atoms with Crippen molar-refractivity contribution < 1.29 is 19.7 Å². The van der Waals surface area contributed by atoms with Crippen molar-refractivity contribution in [3.8, 4) is 0 Å². The number of benzene rings is 1. The minimum absolute atomic E-state index is 0.237. The van der Waals surface area contributed by atoms with E-state index in [1.807, 2.05) is 12.1 Å². The first kappa shape index (κ1) is 19.1. The molecule has 2 aliphatic heterocycles. The van der Waals surface area contributed by atoms with E-state index in [2.05, 4.69) is 9.97 Å². The molecule has 5 atom stereocenters. The van der Waals surface area contributed by atoms with Gasteiger partial charge in [-0.25, -0.2) is 9.97 Å². The van der Waals surface area contributed by atoms with Crippen molar-refractivity contribution in [2.24, 2.45) is 5.73 Å². The van der Waals surface area contributed by atoms with Crippen molar-refractivity contribution in [1.29, 1.82) is 0 Å². The van der Waals surface area contributed by atoms with Gasteiger partial charge in [0.15, 0.2) is 0 Å². The van der Waals surface area contributed by atoms with Gasteiger partial charge in [0.2, 0.25) is 0 Å². The summed E-state index contributed by atoms with van der Waals surface area (Å²) in [5.74, 6) is 0.279. The number of hydrogen-bond donors (Lipinski definition) is 4. The summed E-state index contributed by atoms with van der Waals surface area (Å²) in [7, 11) is 0. The van der Waals surface area contributed by atoms with Crippen LogP contribution in [0.1, 0.15) is 28.5 Å². The lowest BCUT2D eigenvalue weighted by Crippen LogP contribution is -2.35. The Hall–Kier alpha value is -2.23. The molecule has 0 radical (unpaired) electrons. The maximum Gasteiger partial charge on any atom is 0.134 e. The highest BCUT2D eigenvalue weighted by Crippen LogP contribution is 2.41. The maximum absolute atomic E-state index is 10.6. The quantitative estimate of drug-likeness (QED) is 0.591. The van der Waals surface area contributed by atoms with E-state index in [0.717, 1.165) is 11.1 Å². The molecule has 8 nitrogen and oxygen atoms in total. The van der Waals surface area contributed by atoms with Gasteiger partial charge in [0.25, 0.3) is 0 Å². The van der Waals surface area contributed by atoms with Crippen LogP contribution in [0.15, 0.2) is 30.7 Å². The van der Waals surface area contributed by atoms with Crippen molar-refractivity contribution in [2.45, 2.75) is 43.5 Å². The predicted octanol–water partition coefficient (Wildman–Crippen LogP) is 0.945. The second kappa shape index (κ2) is 7.65. The van der Waals surface area contributed by atoms with Gasteiger partial charge >= 0.3 is 0 Å². The summed E-state index contributed by atoms with van der Waals surface area (Å²) in [5.41, 5.74) is 14.4. The first-order valence-corrected chi connectivity index (χ1v) is 9.26. The summed E-state index contributed by atoms with van der Waals surface area (Å²) in [6, 6.07) is 5.47. The van der Waals surface area contributed by atoms with Crippen LogP contribution in [0.3, 0.4) is 0 Å². The van der Waals surface area contributed by atoms with Gasteiger partial charge in [-0.2, -0.15) is 0 Å². The molecule has 1 saturated heterocycles. The van der Waals surface area contributed by atoms with Crippen LogP contribution >= 0.6 is 11.6 Å². The lowest BCUT2D eigenvalue weighted by Gasteiger charge is -2.22. The Morgan fingerprint density at radius 3 is 2.86 bits per heavy atom. The summed E-state index contributed by atoms with van der Waals surface area (Å²) in [6.07, 6.45) is 0.432. The molecular weight excluding hydrogens is 384 g/mol. The average Bonchev–Trinajstić information content (AvgIpc) is 3.20. The number of aliphatic hydroxyl groups is 2. The summed E-state index contributed by atoms with van der Waals surface area (Å²) < 4.78 is 11.9. The molecule has 0 aliphatic carbocycles. The topological polar surface area (TPSA) is 137 Å². The molecule has 28 heavy (non-hydrogen) atoms. The highest BCUT2D eigenvalue weighted by atomic mass is 35.5. The summed E-state index contributed by atoms with van der Waals surface area (Å²) in [4.78, 5) is 8.19. The minimum atomic E-state index is -1.11. The number of aromatic nitrogens is 2. The van der Waals surface area contributed by atoms with Gasteiger partial charge in [-0.1, -0.05) is 17.7 Å². The van der Waals surface area contributed by atoms with Gasteiger partial charge < -0.3 is 31.2 Å². The minimum Gasteiger partial charge on any atom is -0.405 e.